The fourth-order valence-electron chi connectivity index (χ4n) is 4.71. The number of hydrogen-bond acceptors (Lipinski definition) is 7. The van der Waals surface area contributed by atoms with Gasteiger partial charge in [-0.3, -0.25) is 24.6 Å². The smallest absolute Gasteiger partial charge is 0.255 e. The van der Waals surface area contributed by atoms with Crippen molar-refractivity contribution in [1.29, 1.82) is 0 Å². The molecule has 5 rings (SSSR count). The van der Waals surface area contributed by atoms with Gasteiger partial charge in [0.15, 0.2) is 0 Å². The molecule has 10 nitrogen and oxygen atoms in total. The number of benzene rings is 1. The molecule has 0 aliphatic carbocycles. The van der Waals surface area contributed by atoms with Crippen molar-refractivity contribution in [3.05, 3.63) is 41.2 Å². The van der Waals surface area contributed by atoms with Crippen LogP contribution in [0.15, 0.2) is 24.4 Å². The molecule has 3 aliphatic rings. The number of carbonyl (C=O) groups is 3. The topological polar surface area (TPSA) is 110 Å². The third-order valence-electron chi connectivity index (χ3n) is 6.57. The van der Waals surface area contributed by atoms with Crippen LogP contribution >= 0.6 is 0 Å². The summed E-state index contributed by atoms with van der Waals surface area (Å²) in [4.78, 5) is 40.6. The minimum Gasteiger partial charge on any atom is -0.381 e. The first-order chi connectivity index (χ1) is 15.5. The van der Waals surface area contributed by atoms with Crippen molar-refractivity contribution < 1.29 is 19.1 Å². The van der Waals surface area contributed by atoms with Gasteiger partial charge in [0.2, 0.25) is 11.8 Å². The van der Waals surface area contributed by atoms with Crippen LogP contribution in [0.4, 0.5) is 0 Å². The molecule has 1 aromatic heterocycles. The van der Waals surface area contributed by atoms with E-state index in [0.717, 1.165) is 49.4 Å². The van der Waals surface area contributed by atoms with E-state index in [0.29, 0.717) is 24.6 Å². The number of methoxy groups -OCH3 is 1. The zero-order valence-corrected chi connectivity index (χ0v) is 18.0. The van der Waals surface area contributed by atoms with Crippen molar-refractivity contribution in [2.45, 2.75) is 50.9 Å². The Morgan fingerprint density at radius 3 is 2.72 bits per heavy atom. The number of imide groups is 1. The van der Waals surface area contributed by atoms with Crippen molar-refractivity contribution in [1.82, 2.24) is 30.1 Å². The van der Waals surface area contributed by atoms with Crippen LogP contribution < -0.4 is 5.32 Å². The molecule has 3 amide bonds. The molecule has 1 atom stereocenters. The summed E-state index contributed by atoms with van der Waals surface area (Å²) in [7, 11) is 1.76. The SMILES string of the molecule is COC1CCN(Cc2cn(-c3ccc4c(c3)C(=O)N(C3CCC(=O)NC3=O)C4)nn2)CC1. The van der Waals surface area contributed by atoms with Gasteiger partial charge >= 0.3 is 0 Å². The zero-order valence-electron chi connectivity index (χ0n) is 18.0. The van der Waals surface area contributed by atoms with E-state index < -0.39 is 11.9 Å². The fourth-order valence-corrected chi connectivity index (χ4v) is 4.71. The number of ether oxygens (including phenoxy) is 1. The van der Waals surface area contributed by atoms with Gasteiger partial charge in [0, 0.05) is 45.3 Å². The lowest BCUT2D eigenvalue weighted by molar-refractivity contribution is -0.136. The van der Waals surface area contributed by atoms with E-state index in [1.165, 1.54) is 0 Å². The summed E-state index contributed by atoms with van der Waals surface area (Å²) >= 11 is 0. The number of aromatic nitrogens is 3. The first-order valence-corrected chi connectivity index (χ1v) is 11.0. The van der Waals surface area contributed by atoms with E-state index in [2.05, 4.69) is 20.5 Å². The quantitative estimate of drug-likeness (QED) is 0.682. The van der Waals surface area contributed by atoms with Crippen molar-refractivity contribution in [2.24, 2.45) is 0 Å². The van der Waals surface area contributed by atoms with Crippen LogP contribution in [-0.4, -0.2) is 74.9 Å². The second kappa shape index (κ2) is 8.44. The molecular formula is C22H26N6O4. The van der Waals surface area contributed by atoms with Gasteiger partial charge in [0.1, 0.15) is 6.04 Å². The Balaban J connectivity index is 1.28. The number of nitrogens with zero attached hydrogens (tertiary/aromatic N) is 5. The second-order valence-electron chi connectivity index (χ2n) is 8.61. The fraction of sp³-hybridized carbons (Fsp3) is 0.500. The van der Waals surface area contributed by atoms with Crippen LogP contribution in [0.1, 0.15) is 47.3 Å². The lowest BCUT2D eigenvalue weighted by atomic mass is 10.0. The van der Waals surface area contributed by atoms with Crippen molar-refractivity contribution in [3.63, 3.8) is 0 Å². The minimum absolute atomic E-state index is 0.197. The van der Waals surface area contributed by atoms with Crippen LogP contribution in [0.3, 0.4) is 0 Å². The van der Waals surface area contributed by atoms with Gasteiger partial charge in [-0.1, -0.05) is 11.3 Å². The molecule has 0 saturated carbocycles. The summed E-state index contributed by atoms with van der Waals surface area (Å²) in [5.74, 6) is -0.890. The number of rotatable bonds is 5. The average Bonchev–Trinajstić information content (AvgIpc) is 3.39. The molecule has 4 heterocycles. The molecule has 2 aromatic rings. The molecule has 1 unspecified atom stereocenters. The molecule has 0 bridgehead atoms. The standard InChI is InChI=1S/C22H26N6O4/c1-32-17-6-8-26(9-7-17)12-15-13-28(25-24-15)16-3-2-14-11-27(22(31)18(14)10-16)19-4-5-20(29)23-21(19)30/h2-3,10,13,17,19H,4-9,11-12H2,1H3,(H,23,29,30). The van der Waals surface area contributed by atoms with Crippen molar-refractivity contribution >= 4 is 17.7 Å². The number of hydrogen-bond donors (Lipinski definition) is 1. The Hall–Kier alpha value is -3.11. The molecule has 2 fully saturated rings. The highest BCUT2D eigenvalue weighted by molar-refractivity contribution is 6.05. The van der Waals surface area contributed by atoms with Crippen LogP contribution in [0, 0.1) is 0 Å². The van der Waals surface area contributed by atoms with Crippen molar-refractivity contribution in [3.8, 4) is 5.69 Å². The third kappa shape index (κ3) is 3.91. The number of likely N-dealkylation sites (tertiary alicyclic amines) is 1. The maximum atomic E-state index is 13.0. The predicted octanol–water partition coefficient (Wildman–Crippen LogP) is 0.639. The number of piperidine rings is 2. The molecule has 0 spiro atoms. The molecule has 3 aliphatic heterocycles. The van der Waals surface area contributed by atoms with Crippen LogP contribution in [-0.2, 0) is 27.4 Å². The molecule has 168 valence electrons. The molecular weight excluding hydrogens is 412 g/mol. The molecule has 1 N–H and O–H groups in total. The van der Waals surface area contributed by atoms with Crippen molar-refractivity contribution in [2.75, 3.05) is 20.2 Å². The van der Waals surface area contributed by atoms with Gasteiger partial charge in [-0.2, -0.15) is 0 Å². The predicted molar refractivity (Wildman–Crippen MR) is 113 cm³/mol. The van der Waals surface area contributed by atoms with E-state index in [4.69, 9.17) is 4.74 Å². The van der Waals surface area contributed by atoms with E-state index in [-0.39, 0.29) is 18.2 Å². The van der Waals surface area contributed by atoms with Crippen LogP contribution in [0.5, 0.6) is 0 Å². The van der Waals surface area contributed by atoms with Gasteiger partial charge in [0.25, 0.3) is 5.91 Å². The monoisotopic (exact) mass is 438 g/mol. The molecule has 0 radical (unpaired) electrons. The Labute approximate surface area is 185 Å². The minimum atomic E-state index is -0.615. The lowest BCUT2D eigenvalue weighted by Gasteiger charge is -2.30. The summed E-state index contributed by atoms with van der Waals surface area (Å²) in [5.41, 5.74) is 3.05. The largest absolute Gasteiger partial charge is 0.381 e. The maximum Gasteiger partial charge on any atom is 0.255 e. The number of carbonyl (C=O) groups excluding carboxylic acids is 3. The number of nitrogens with one attached hydrogen (secondary N) is 1. The van der Waals surface area contributed by atoms with Gasteiger partial charge < -0.3 is 9.64 Å². The van der Waals surface area contributed by atoms with Gasteiger partial charge in [0.05, 0.1) is 23.7 Å². The Bertz CT molecular complexity index is 1060. The molecule has 2 saturated heterocycles. The van der Waals surface area contributed by atoms with Crippen LogP contribution in [0.25, 0.3) is 5.69 Å². The van der Waals surface area contributed by atoms with E-state index in [9.17, 15) is 14.4 Å². The van der Waals surface area contributed by atoms with E-state index >= 15 is 0 Å². The van der Waals surface area contributed by atoms with Crippen LogP contribution in [0.2, 0.25) is 0 Å². The van der Waals surface area contributed by atoms with Gasteiger partial charge in [-0.05, 0) is 37.0 Å². The number of fused-ring (bicyclic) bond motifs is 1. The Morgan fingerprint density at radius 2 is 1.97 bits per heavy atom. The lowest BCUT2D eigenvalue weighted by Crippen LogP contribution is -2.52. The summed E-state index contributed by atoms with van der Waals surface area (Å²) in [6.07, 6.45) is 4.85. The highest BCUT2D eigenvalue weighted by atomic mass is 16.5. The highest BCUT2D eigenvalue weighted by Crippen LogP contribution is 2.29. The summed E-state index contributed by atoms with van der Waals surface area (Å²) in [6, 6.07) is 4.98. The van der Waals surface area contributed by atoms with Gasteiger partial charge in [-0.25, -0.2) is 4.68 Å². The first-order valence-electron chi connectivity index (χ1n) is 11.0. The van der Waals surface area contributed by atoms with E-state index in [1.807, 2.05) is 18.3 Å². The third-order valence-corrected chi connectivity index (χ3v) is 6.57. The first kappa shape index (κ1) is 20.8. The molecule has 10 heteroatoms. The Kier molecular flexibility index (Phi) is 5.48. The van der Waals surface area contributed by atoms with Gasteiger partial charge in [-0.15, -0.1) is 5.10 Å². The van der Waals surface area contributed by atoms with E-state index in [1.54, 1.807) is 22.8 Å². The Morgan fingerprint density at radius 1 is 1.16 bits per heavy atom. The second-order valence-corrected chi connectivity index (χ2v) is 8.61. The zero-order chi connectivity index (χ0) is 22.2. The summed E-state index contributed by atoms with van der Waals surface area (Å²) in [5, 5.41) is 10.9. The highest BCUT2D eigenvalue weighted by Gasteiger charge is 2.39. The average molecular weight is 438 g/mol. The maximum absolute atomic E-state index is 13.0. The summed E-state index contributed by atoms with van der Waals surface area (Å²) in [6.45, 7) is 3.02. The molecule has 32 heavy (non-hydrogen) atoms. The summed E-state index contributed by atoms with van der Waals surface area (Å²) < 4.78 is 7.11. The number of amides is 3. The molecule has 1 aromatic carbocycles. The normalized spacial score (nSPS) is 22.3.